The van der Waals surface area contributed by atoms with Crippen molar-refractivity contribution in [3.63, 3.8) is 0 Å². The maximum absolute atomic E-state index is 12.6. The summed E-state index contributed by atoms with van der Waals surface area (Å²) in [6.45, 7) is 8.63. The highest BCUT2D eigenvalue weighted by Gasteiger charge is 2.37. The van der Waals surface area contributed by atoms with Crippen molar-refractivity contribution in [3.05, 3.63) is 0 Å². The standard InChI is InChI=1S/C22H40O7/c1-5-9-12-17(8-4)16-29-21(25)18(15-19(23)27-13-10-6-2)20(24)22(26)28-14-11-7-3/h17-18,20,24H,5-16H2,1-4H3. The number of carbonyl (C=O) groups is 3. The zero-order valence-electron chi connectivity index (χ0n) is 18.6. The largest absolute Gasteiger partial charge is 0.466 e. The number of unbranched alkanes of at least 4 members (excludes halogenated alkanes) is 3. The summed E-state index contributed by atoms with van der Waals surface area (Å²) < 4.78 is 15.5. The van der Waals surface area contributed by atoms with Crippen molar-refractivity contribution >= 4 is 17.9 Å². The molecule has 0 spiro atoms. The Bertz CT molecular complexity index is 464. The number of ether oxygens (including phenoxy) is 3. The van der Waals surface area contributed by atoms with E-state index in [0.29, 0.717) is 12.8 Å². The lowest BCUT2D eigenvalue weighted by atomic mass is 9.97. The third-order valence-electron chi connectivity index (χ3n) is 4.82. The monoisotopic (exact) mass is 416 g/mol. The van der Waals surface area contributed by atoms with Gasteiger partial charge >= 0.3 is 17.9 Å². The van der Waals surface area contributed by atoms with Gasteiger partial charge in [0.2, 0.25) is 0 Å². The first-order valence-electron chi connectivity index (χ1n) is 11.1. The summed E-state index contributed by atoms with van der Waals surface area (Å²) in [5.74, 6) is -3.45. The normalized spacial score (nSPS) is 14.0. The Morgan fingerprint density at radius 1 is 0.793 bits per heavy atom. The maximum atomic E-state index is 12.6. The van der Waals surface area contributed by atoms with Gasteiger partial charge in [0, 0.05) is 0 Å². The Hall–Kier alpha value is -1.63. The summed E-state index contributed by atoms with van der Waals surface area (Å²) in [5.41, 5.74) is 0. The van der Waals surface area contributed by atoms with E-state index < -0.39 is 36.4 Å². The molecule has 0 heterocycles. The molecule has 0 fully saturated rings. The van der Waals surface area contributed by atoms with Crippen LogP contribution in [0.2, 0.25) is 0 Å². The van der Waals surface area contributed by atoms with E-state index in [1.54, 1.807) is 0 Å². The molecule has 7 nitrogen and oxygen atoms in total. The van der Waals surface area contributed by atoms with Gasteiger partial charge in [-0.15, -0.1) is 0 Å². The number of hydrogen-bond donors (Lipinski definition) is 1. The number of carbonyl (C=O) groups excluding carboxylic acids is 3. The topological polar surface area (TPSA) is 99.1 Å². The molecule has 170 valence electrons. The molecule has 0 aliphatic carbocycles. The van der Waals surface area contributed by atoms with Crippen molar-refractivity contribution in [2.75, 3.05) is 19.8 Å². The maximum Gasteiger partial charge on any atom is 0.335 e. The third kappa shape index (κ3) is 12.5. The number of hydrogen-bond acceptors (Lipinski definition) is 7. The molecule has 7 heteroatoms. The highest BCUT2D eigenvalue weighted by atomic mass is 16.6. The molecule has 29 heavy (non-hydrogen) atoms. The molecule has 0 aliphatic rings. The average Bonchev–Trinajstić information content (AvgIpc) is 2.71. The van der Waals surface area contributed by atoms with E-state index in [0.717, 1.165) is 38.5 Å². The van der Waals surface area contributed by atoms with Gasteiger partial charge in [-0.2, -0.15) is 0 Å². The van der Waals surface area contributed by atoms with Gasteiger partial charge in [0.15, 0.2) is 6.10 Å². The van der Waals surface area contributed by atoms with Crippen LogP contribution >= 0.6 is 0 Å². The molecule has 0 bridgehead atoms. The lowest BCUT2D eigenvalue weighted by molar-refractivity contribution is -0.170. The van der Waals surface area contributed by atoms with Crippen molar-refractivity contribution < 1.29 is 33.7 Å². The van der Waals surface area contributed by atoms with Crippen LogP contribution in [0.4, 0.5) is 0 Å². The minimum absolute atomic E-state index is 0.157. The first-order chi connectivity index (χ1) is 13.9. The van der Waals surface area contributed by atoms with Gasteiger partial charge in [0.1, 0.15) is 5.92 Å². The number of aliphatic hydroxyl groups excluding tert-OH is 1. The van der Waals surface area contributed by atoms with Crippen molar-refractivity contribution in [2.45, 2.75) is 91.6 Å². The van der Waals surface area contributed by atoms with E-state index in [9.17, 15) is 19.5 Å². The summed E-state index contributed by atoms with van der Waals surface area (Å²) in [5, 5.41) is 10.3. The van der Waals surface area contributed by atoms with Crippen LogP contribution in [-0.2, 0) is 28.6 Å². The van der Waals surface area contributed by atoms with Crippen LogP contribution in [0.3, 0.4) is 0 Å². The minimum Gasteiger partial charge on any atom is -0.466 e. The molecule has 3 atom stereocenters. The van der Waals surface area contributed by atoms with Crippen molar-refractivity contribution in [1.29, 1.82) is 0 Å². The number of esters is 3. The molecular formula is C22H40O7. The third-order valence-corrected chi connectivity index (χ3v) is 4.82. The van der Waals surface area contributed by atoms with E-state index in [-0.39, 0.29) is 25.7 Å². The van der Waals surface area contributed by atoms with Gasteiger partial charge in [-0.05, 0) is 25.2 Å². The van der Waals surface area contributed by atoms with E-state index in [1.807, 2.05) is 20.8 Å². The number of rotatable bonds is 17. The molecule has 3 unspecified atom stereocenters. The molecule has 0 aromatic heterocycles. The molecule has 0 aliphatic heterocycles. The SMILES string of the molecule is CCCCOC(=O)CC(C(=O)OCC(CC)CCCC)C(O)C(=O)OCCCC. The second-order valence-electron chi connectivity index (χ2n) is 7.40. The van der Waals surface area contributed by atoms with E-state index in [2.05, 4.69) is 6.92 Å². The van der Waals surface area contributed by atoms with Gasteiger partial charge in [0.25, 0.3) is 0 Å². The highest BCUT2D eigenvalue weighted by molar-refractivity contribution is 5.87. The Morgan fingerprint density at radius 2 is 1.38 bits per heavy atom. The first kappa shape index (κ1) is 27.4. The van der Waals surface area contributed by atoms with Crippen molar-refractivity contribution in [3.8, 4) is 0 Å². The van der Waals surface area contributed by atoms with Gasteiger partial charge in [-0.1, -0.05) is 59.8 Å². The second-order valence-corrected chi connectivity index (χ2v) is 7.40. The van der Waals surface area contributed by atoms with Crippen LogP contribution < -0.4 is 0 Å². The van der Waals surface area contributed by atoms with E-state index >= 15 is 0 Å². The van der Waals surface area contributed by atoms with Crippen LogP contribution in [0.1, 0.15) is 85.5 Å². The Labute approximate surface area is 175 Å². The molecule has 0 aromatic carbocycles. The molecule has 0 saturated heterocycles. The first-order valence-corrected chi connectivity index (χ1v) is 11.1. The quantitative estimate of drug-likeness (QED) is 0.219. The zero-order valence-corrected chi connectivity index (χ0v) is 18.6. The van der Waals surface area contributed by atoms with Crippen LogP contribution in [0, 0.1) is 11.8 Å². The Balaban J connectivity index is 4.96. The van der Waals surface area contributed by atoms with Crippen molar-refractivity contribution in [2.24, 2.45) is 11.8 Å². The molecule has 0 rings (SSSR count). The summed E-state index contributed by atoms with van der Waals surface area (Å²) in [6.07, 6.45) is 4.77. The van der Waals surface area contributed by atoms with E-state index in [1.165, 1.54) is 0 Å². The lowest BCUT2D eigenvalue weighted by Gasteiger charge is -2.22. The molecule has 0 radical (unpaired) electrons. The highest BCUT2D eigenvalue weighted by Crippen LogP contribution is 2.18. The van der Waals surface area contributed by atoms with E-state index in [4.69, 9.17) is 14.2 Å². The molecule has 0 amide bonds. The van der Waals surface area contributed by atoms with Crippen LogP contribution in [0.15, 0.2) is 0 Å². The summed E-state index contributed by atoms with van der Waals surface area (Å²) in [7, 11) is 0. The lowest BCUT2D eigenvalue weighted by Crippen LogP contribution is -2.39. The fraction of sp³-hybridized carbons (Fsp3) is 0.864. The number of aliphatic hydroxyl groups is 1. The predicted octanol–water partition coefficient (Wildman–Crippen LogP) is 3.80. The summed E-state index contributed by atoms with van der Waals surface area (Å²) in [4.78, 5) is 36.8. The van der Waals surface area contributed by atoms with Crippen LogP contribution in [0.25, 0.3) is 0 Å². The van der Waals surface area contributed by atoms with Crippen LogP contribution in [-0.4, -0.2) is 48.9 Å². The molecule has 0 saturated carbocycles. The van der Waals surface area contributed by atoms with Gasteiger partial charge in [-0.3, -0.25) is 9.59 Å². The molecule has 1 N–H and O–H groups in total. The fourth-order valence-corrected chi connectivity index (χ4v) is 2.66. The average molecular weight is 417 g/mol. The molecular weight excluding hydrogens is 376 g/mol. The minimum atomic E-state index is -1.76. The van der Waals surface area contributed by atoms with Gasteiger partial charge < -0.3 is 19.3 Å². The Morgan fingerprint density at radius 3 is 1.93 bits per heavy atom. The fourth-order valence-electron chi connectivity index (χ4n) is 2.66. The Kier molecular flexibility index (Phi) is 16.3. The summed E-state index contributed by atoms with van der Waals surface area (Å²) in [6, 6.07) is 0. The van der Waals surface area contributed by atoms with Crippen molar-refractivity contribution in [1.82, 2.24) is 0 Å². The summed E-state index contributed by atoms with van der Waals surface area (Å²) >= 11 is 0. The van der Waals surface area contributed by atoms with Crippen LogP contribution in [0.5, 0.6) is 0 Å². The smallest absolute Gasteiger partial charge is 0.335 e. The van der Waals surface area contributed by atoms with Gasteiger partial charge in [-0.25, -0.2) is 4.79 Å². The predicted molar refractivity (Wildman–Crippen MR) is 110 cm³/mol. The molecule has 0 aromatic rings. The van der Waals surface area contributed by atoms with Gasteiger partial charge in [0.05, 0.1) is 26.2 Å². The second kappa shape index (κ2) is 17.2. The zero-order chi connectivity index (χ0) is 22.1.